The second-order valence-electron chi connectivity index (χ2n) is 2.47. The number of amides is 2. The quantitative estimate of drug-likeness (QED) is 0.646. The molecule has 0 unspecified atom stereocenters. The van der Waals surface area contributed by atoms with Crippen molar-refractivity contribution in [2.45, 2.75) is 6.92 Å². The first-order valence-corrected chi connectivity index (χ1v) is 5.18. The Hall–Kier alpha value is -1.58. The van der Waals surface area contributed by atoms with Gasteiger partial charge in [-0.3, -0.25) is 5.32 Å². The first kappa shape index (κ1) is 11.5. The molecule has 0 aliphatic carbocycles. The zero-order valence-electron chi connectivity index (χ0n) is 8.20. The molecule has 1 aromatic heterocycles. The second-order valence-corrected chi connectivity index (χ2v) is 3.50. The van der Waals surface area contributed by atoms with Crippen LogP contribution < -0.4 is 10.6 Å². The summed E-state index contributed by atoms with van der Waals surface area (Å²) in [6.07, 6.45) is 1.55. The molecule has 1 aromatic rings. The number of aromatic nitrogens is 1. The maximum absolute atomic E-state index is 11.1. The number of thiazole rings is 1. The second kappa shape index (κ2) is 6.01. The molecule has 0 bridgehead atoms. The molecule has 1 rings (SSSR count). The molecule has 0 saturated heterocycles. The van der Waals surface area contributed by atoms with Gasteiger partial charge in [0.25, 0.3) is 0 Å². The van der Waals surface area contributed by atoms with Gasteiger partial charge in [-0.15, -0.1) is 0 Å². The normalized spacial score (nSPS) is 8.93. The number of carbonyl (C=O) groups is 1. The number of aliphatic hydroxyl groups is 1. The maximum atomic E-state index is 11.1. The predicted octanol–water partition coefficient (Wildman–Crippen LogP) is 0.628. The van der Waals surface area contributed by atoms with Crippen molar-refractivity contribution >= 4 is 22.5 Å². The van der Waals surface area contributed by atoms with Crippen LogP contribution in [-0.2, 0) is 0 Å². The molecule has 0 aromatic carbocycles. The van der Waals surface area contributed by atoms with Crippen molar-refractivity contribution < 1.29 is 9.90 Å². The zero-order chi connectivity index (χ0) is 11.1. The summed E-state index contributed by atoms with van der Waals surface area (Å²) < 4.78 is 0. The molecule has 15 heavy (non-hydrogen) atoms. The Morgan fingerprint density at radius 1 is 1.73 bits per heavy atom. The number of nitrogens with zero attached hydrogens (tertiary/aromatic N) is 1. The van der Waals surface area contributed by atoms with E-state index in [-0.39, 0.29) is 12.6 Å². The molecule has 0 saturated carbocycles. The molecule has 2 amide bonds. The highest BCUT2D eigenvalue weighted by Gasteiger charge is 2.03. The van der Waals surface area contributed by atoms with Gasteiger partial charge in [-0.1, -0.05) is 23.2 Å². The van der Waals surface area contributed by atoms with E-state index in [0.717, 1.165) is 0 Å². The predicted molar refractivity (Wildman–Crippen MR) is 58.8 cm³/mol. The highest BCUT2D eigenvalue weighted by molar-refractivity contribution is 7.16. The average molecular weight is 225 g/mol. The van der Waals surface area contributed by atoms with Gasteiger partial charge in [0.05, 0.1) is 11.1 Å². The fraction of sp³-hybridized carbons (Fsp3) is 0.333. The zero-order valence-corrected chi connectivity index (χ0v) is 9.02. The van der Waals surface area contributed by atoms with Crippen LogP contribution in [0.15, 0.2) is 6.20 Å². The molecule has 0 radical (unpaired) electrons. The molecule has 0 fully saturated rings. The van der Waals surface area contributed by atoms with Gasteiger partial charge in [0.2, 0.25) is 0 Å². The summed E-state index contributed by atoms with van der Waals surface area (Å²) in [5.41, 5.74) is 0. The molecule has 1 heterocycles. The van der Waals surface area contributed by atoms with E-state index >= 15 is 0 Å². The lowest BCUT2D eigenvalue weighted by molar-refractivity contribution is 0.252. The minimum absolute atomic E-state index is 0.184. The summed E-state index contributed by atoms with van der Waals surface area (Å²) in [6.45, 7) is 2.21. The largest absolute Gasteiger partial charge is 0.384 e. The van der Waals surface area contributed by atoms with E-state index < -0.39 is 0 Å². The molecule has 3 N–H and O–H groups in total. The van der Waals surface area contributed by atoms with E-state index in [1.54, 1.807) is 6.20 Å². The molecule has 0 spiro atoms. The summed E-state index contributed by atoms with van der Waals surface area (Å²) in [5.74, 6) is 5.21. The number of aliphatic hydroxyl groups excluding tert-OH is 1. The fourth-order valence-corrected chi connectivity index (χ4v) is 1.50. The Labute approximate surface area is 91.5 Å². The summed E-state index contributed by atoms with van der Waals surface area (Å²) in [4.78, 5) is 15.8. The van der Waals surface area contributed by atoms with E-state index in [1.165, 1.54) is 11.3 Å². The van der Waals surface area contributed by atoms with Crippen molar-refractivity contribution in [1.82, 2.24) is 10.3 Å². The third kappa shape index (κ3) is 3.97. The topological polar surface area (TPSA) is 74.2 Å². The molecule has 5 nitrogen and oxygen atoms in total. The highest BCUT2D eigenvalue weighted by atomic mass is 32.1. The third-order valence-electron chi connectivity index (χ3n) is 1.35. The summed E-state index contributed by atoms with van der Waals surface area (Å²) in [5, 5.41) is 14.1. The van der Waals surface area contributed by atoms with Gasteiger partial charge < -0.3 is 10.4 Å². The highest BCUT2D eigenvalue weighted by Crippen LogP contribution is 2.16. The number of urea groups is 1. The summed E-state index contributed by atoms with van der Waals surface area (Å²) in [7, 11) is 0. The van der Waals surface area contributed by atoms with Gasteiger partial charge in [-0.05, 0) is 6.92 Å². The van der Waals surface area contributed by atoms with Crippen molar-refractivity contribution in [3.8, 4) is 11.8 Å². The van der Waals surface area contributed by atoms with Crippen molar-refractivity contribution in [2.75, 3.05) is 18.5 Å². The number of hydrogen-bond acceptors (Lipinski definition) is 4. The molecular formula is C9H11N3O2S. The van der Waals surface area contributed by atoms with Crippen molar-refractivity contribution in [3.63, 3.8) is 0 Å². The van der Waals surface area contributed by atoms with Crippen LogP contribution in [0.5, 0.6) is 0 Å². The smallest absolute Gasteiger partial charge is 0.321 e. The number of rotatable bonds is 2. The van der Waals surface area contributed by atoms with Crippen LogP contribution in [-0.4, -0.2) is 29.3 Å². The molecule has 80 valence electrons. The molecular weight excluding hydrogens is 214 g/mol. The van der Waals surface area contributed by atoms with E-state index in [0.29, 0.717) is 16.6 Å². The van der Waals surface area contributed by atoms with Crippen LogP contribution in [0.3, 0.4) is 0 Å². The Morgan fingerprint density at radius 3 is 3.20 bits per heavy atom. The molecule has 0 atom stereocenters. The third-order valence-corrected chi connectivity index (χ3v) is 2.18. The Kier molecular flexibility index (Phi) is 4.60. The molecule has 0 aliphatic heterocycles. The lowest BCUT2D eigenvalue weighted by atomic mass is 10.5. The van der Waals surface area contributed by atoms with Crippen LogP contribution in [0.4, 0.5) is 9.93 Å². The lowest BCUT2D eigenvalue weighted by Gasteiger charge is -2.00. The van der Waals surface area contributed by atoms with Crippen molar-refractivity contribution in [1.29, 1.82) is 0 Å². The SMILES string of the molecule is CCNC(=O)Nc1ncc(C#CCO)s1. The van der Waals surface area contributed by atoms with Crippen LogP contribution in [0.25, 0.3) is 0 Å². The van der Waals surface area contributed by atoms with Crippen LogP contribution >= 0.6 is 11.3 Å². The number of carbonyl (C=O) groups excluding carboxylic acids is 1. The Balaban J connectivity index is 2.56. The first-order chi connectivity index (χ1) is 7.26. The van der Waals surface area contributed by atoms with Gasteiger partial charge in [0.1, 0.15) is 6.61 Å². The lowest BCUT2D eigenvalue weighted by Crippen LogP contribution is -2.28. The van der Waals surface area contributed by atoms with Crippen molar-refractivity contribution in [2.24, 2.45) is 0 Å². The standard InChI is InChI=1S/C9H11N3O2S/c1-2-10-8(14)12-9-11-6-7(15-9)4-3-5-13/h6,13H,2,5H2,1H3,(H2,10,11,12,14). The Morgan fingerprint density at radius 2 is 2.53 bits per heavy atom. The monoisotopic (exact) mass is 225 g/mol. The summed E-state index contributed by atoms with van der Waals surface area (Å²) in [6, 6.07) is -0.284. The van der Waals surface area contributed by atoms with Crippen LogP contribution in [0, 0.1) is 11.8 Å². The van der Waals surface area contributed by atoms with E-state index in [2.05, 4.69) is 27.5 Å². The molecule has 6 heteroatoms. The van der Waals surface area contributed by atoms with E-state index in [9.17, 15) is 4.79 Å². The average Bonchev–Trinajstić information content (AvgIpc) is 2.63. The maximum Gasteiger partial charge on any atom is 0.321 e. The minimum Gasteiger partial charge on any atom is -0.384 e. The van der Waals surface area contributed by atoms with Gasteiger partial charge >= 0.3 is 6.03 Å². The first-order valence-electron chi connectivity index (χ1n) is 4.36. The number of anilines is 1. The fourth-order valence-electron chi connectivity index (χ4n) is 0.818. The van der Waals surface area contributed by atoms with Crippen molar-refractivity contribution in [3.05, 3.63) is 11.1 Å². The van der Waals surface area contributed by atoms with E-state index in [4.69, 9.17) is 5.11 Å². The van der Waals surface area contributed by atoms with E-state index in [1.807, 2.05) is 6.92 Å². The number of nitrogens with one attached hydrogen (secondary N) is 2. The van der Waals surface area contributed by atoms with Gasteiger partial charge in [0.15, 0.2) is 5.13 Å². The Bertz CT molecular complexity index is 392. The molecule has 0 aliphatic rings. The van der Waals surface area contributed by atoms with Gasteiger partial charge in [0, 0.05) is 6.54 Å². The van der Waals surface area contributed by atoms with Gasteiger partial charge in [-0.2, -0.15) is 0 Å². The number of hydrogen-bond donors (Lipinski definition) is 3. The van der Waals surface area contributed by atoms with Gasteiger partial charge in [-0.25, -0.2) is 9.78 Å². The van der Waals surface area contributed by atoms with Crippen LogP contribution in [0.2, 0.25) is 0 Å². The minimum atomic E-state index is -0.284. The summed E-state index contributed by atoms with van der Waals surface area (Å²) >= 11 is 1.26. The van der Waals surface area contributed by atoms with Crippen LogP contribution in [0.1, 0.15) is 11.8 Å².